The van der Waals surface area contributed by atoms with E-state index in [2.05, 4.69) is 17.3 Å². The van der Waals surface area contributed by atoms with Crippen LogP contribution in [0.2, 0.25) is 5.02 Å². The monoisotopic (exact) mass is 364 g/mol. The average molecular weight is 365 g/mol. The molecule has 2 unspecified atom stereocenters. The van der Waals surface area contributed by atoms with Gasteiger partial charge in [0, 0.05) is 28.7 Å². The van der Waals surface area contributed by atoms with Crippen LogP contribution in [0.5, 0.6) is 0 Å². The Labute approximate surface area is 156 Å². The van der Waals surface area contributed by atoms with Gasteiger partial charge in [0.15, 0.2) is 5.76 Å². The normalized spacial score (nSPS) is 23.2. The van der Waals surface area contributed by atoms with Crippen LogP contribution in [0.1, 0.15) is 29.0 Å². The number of benzene rings is 2. The molecule has 0 amide bonds. The van der Waals surface area contributed by atoms with E-state index < -0.39 is 5.54 Å². The maximum atomic E-state index is 9.81. The highest BCUT2D eigenvalue weighted by molar-refractivity contribution is 6.30. The van der Waals surface area contributed by atoms with Crippen molar-refractivity contribution in [2.45, 2.75) is 18.9 Å². The second kappa shape index (κ2) is 5.53. The predicted octanol–water partition coefficient (Wildman–Crippen LogP) is 4.36. The molecule has 1 fully saturated rings. The molecular weight excluding hydrogens is 348 g/mol. The number of nitrogens with zero attached hydrogens (tertiary/aromatic N) is 2. The molecule has 4 nitrogen and oxygen atoms in total. The number of aliphatic hydroxyl groups is 1. The van der Waals surface area contributed by atoms with E-state index in [4.69, 9.17) is 21.1 Å². The van der Waals surface area contributed by atoms with Crippen LogP contribution in [-0.4, -0.2) is 22.6 Å². The molecule has 0 radical (unpaired) electrons. The lowest BCUT2D eigenvalue weighted by molar-refractivity contribution is 0.253. The van der Waals surface area contributed by atoms with Crippen molar-refractivity contribution < 1.29 is 9.63 Å². The minimum atomic E-state index is -0.542. The third kappa shape index (κ3) is 2.12. The van der Waals surface area contributed by atoms with Gasteiger partial charge < -0.3 is 9.63 Å². The molecular formula is C21H17ClN2O2. The minimum Gasteiger partial charge on any atom is -0.396 e. The predicted molar refractivity (Wildman–Crippen MR) is 101 cm³/mol. The maximum Gasteiger partial charge on any atom is 0.172 e. The number of aliphatic hydroxyl groups excluding tert-OH is 1. The number of aryl methyl sites for hydroxylation is 1. The van der Waals surface area contributed by atoms with Crippen LogP contribution in [0.25, 0.3) is 11.1 Å². The van der Waals surface area contributed by atoms with Gasteiger partial charge in [0.05, 0.1) is 17.0 Å². The first-order chi connectivity index (χ1) is 12.6. The zero-order chi connectivity index (χ0) is 17.9. The first-order valence-electron chi connectivity index (χ1n) is 8.67. The SMILES string of the molecule is Cc1noc2c1-c1ccccc1C(c1ccc(Cl)cc1)=NC21CC1CO. The van der Waals surface area contributed by atoms with Crippen molar-refractivity contribution in [1.82, 2.24) is 5.16 Å². The summed E-state index contributed by atoms with van der Waals surface area (Å²) in [5.74, 6) is 0.815. The largest absolute Gasteiger partial charge is 0.396 e. The van der Waals surface area contributed by atoms with Gasteiger partial charge in [0.1, 0.15) is 5.54 Å². The number of halogens is 1. The highest BCUT2D eigenvalue weighted by Crippen LogP contribution is 2.59. The van der Waals surface area contributed by atoms with Crippen molar-refractivity contribution in [3.05, 3.63) is 76.1 Å². The highest BCUT2D eigenvalue weighted by atomic mass is 35.5. The van der Waals surface area contributed by atoms with E-state index in [1.54, 1.807) is 0 Å². The second-order valence-corrected chi connectivity index (χ2v) is 7.43. The molecule has 3 aromatic rings. The van der Waals surface area contributed by atoms with Gasteiger partial charge in [-0.15, -0.1) is 0 Å². The van der Waals surface area contributed by atoms with E-state index in [1.165, 1.54) is 0 Å². The minimum absolute atomic E-state index is 0.0465. The molecule has 1 N–H and O–H groups in total. The Balaban J connectivity index is 1.83. The molecule has 0 bridgehead atoms. The Morgan fingerprint density at radius 2 is 1.88 bits per heavy atom. The average Bonchev–Trinajstić information content (AvgIpc) is 3.27. The Morgan fingerprint density at radius 1 is 1.15 bits per heavy atom. The standard InChI is InChI=1S/C21H17ClN2O2/c1-12-18-16-4-2-3-5-17(16)19(13-6-8-15(22)9-7-13)23-21(10-14(21)11-25)20(18)26-24-12/h2-9,14,25H,10-11H2,1H3. The summed E-state index contributed by atoms with van der Waals surface area (Å²) in [6.07, 6.45) is 0.760. The van der Waals surface area contributed by atoms with Crippen LogP contribution in [0.15, 0.2) is 58.0 Å². The lowest BCUT2D eigenvalue weighted by Crippen LogP contribution is -2.12. The van der Waals surface area contributed by atoms with Gasteiger partial charge in [-0.1, -0.05) is 53.2 Å². The van der Waals surface area contributed by atoms with Crippen molar-refractivity contribution in [3.8, 4) is 11.1 Å². The fraction of sp³-hybridized carbons (Fsp3) is 0.238. The highest BCUT2D eigenvalue weighted by Gasteiger charge is 2.60. The van der Waals surface area contributed by atoms with Crippen molar-refractivity contribution in [2.75, 3.05) is 6.61 Å². The van der Waals surface area contributed by atoms with E-state index in [1.807, 2.05) is 43.3 Å². The third-order valence-corrected chi connectivity index (χ3v) is 5.68. The molecule has 1 aromatic heterocycles. The first kappa shape index (κ1) is 15.8. The van der Waals surface area contributed by atoms with Gasteiger partial charge >= 0.3 is 0 Å². The molecule has 1 saturated carbocycles. The lowest BCUT2D eigenvalue weighted by atomic mass is 9.93. The van der Waals surface area contributed by atoms with E-state index in [9.17, 15) is 5.11 Å². The molecule has 1 aliphatic heterocycles. The van der Waals surface area contributed by atoms with Crippen molar-refractivity contribution in [1.29, 1.82) is 0 Å². The maximum absolute atomic E-state index is 9.81. The molecule has 130 valence electrons. The first-order valence-corrected chi connectivity index (χ1v) is 9.05. The van der Waals surface area contributed by atoms with Gasteiger partial charge in [-0.25, -0.2) is 0 Å². The van der Waals surface area contributed by atoms with Crippen LogP contribution in [0.3, 0.4) is 0 Å². The van der Waals surface area contributed by atoms with Crippen LogP contribution in [-0.2, 0) is 5.54 Å². The quantitative estimate of drug-likeness (QED) is 0.734. The number of aromatic nitrogens is 1. The zero-order valence-electron chi connectivity index (χ0n) is 14.2. The molecule has 0 saturated heterocycles. The van der Waals surface area contributed by atoms with Crippen LogP contribution in [0, 0.1) is 12.8 Å². The van der Waals surface area contributed by atoms with Crippen LogP contribution < -0.4 is 0 Å². The van der Waals surface area contributed by atoms with Crippen LogP contribution >= 0.6 is 11.6 Å². The van der Waals surface area contributed by atoms with E-state index >= 15 is 0 Å². The smallest absolute Gasteiger partial charge is 0.172 e. The number of fused-ring (bicyclic) bond motifs is 4. The molecule has 2 aliphatic rings. The van der Waals surface area contributed by atoms with E-state index in [0.29, 0.717) is 5.02 Å². The molecule has 1 aliphatic carbocycles. The summed E-state index contributed by atoms with van der Waals surface area (Å²) < 4.78 is 5.75. The molecule has 5 rings (SSSR count). The molecule has 2 aromatic carbocycles. The summed E-state index contributed by atoms with van der Waals surface area (Å²) in [4.78, 5) is 5.15. The molecule has 5 heteroatoms. The third-order valence-electron chi connectivity index (χ3n) is 5.43. The summed E-state index contributed by atoms with van der Waals surface area (Å²) in [5.41, 5.74) is 5.32. The van der Waals surface area contributed by atoms with Crippen molar-refractivity contribution in [2.24, 2.45) is 10.9 Å². The number of hydrogen-bond donors (Lipinski definition) is 1. The zero-order valence-corrected chi connectivity index (χ0v) is 15.0. The Hall–Kier alpha value is -2.43. The topological polar surface area (TPSA) is 58.6 Å². The van der Waals surface area contributed by atoms with E-state index in [0.717, 1.165) is 45.8 Å². The summed E-state index contributed by atoms with van der Waals surface area (Å²) in [6.45, 7) is 2.03. The van der Waals surface area contributed by atoms with Gasteiger partial charge in [-0.2, -0.15) is 0 Å². The second-order valence-electron chi connectivity index (χ2n) is 6.99. The Bertz CT molecular complexity index is 1040. The number of rotatable bonds is 2. The van der Waals surface area contributed by atoms with Gasteiger partial charge in [-0.05, 0) is 31.0 Å². The van der Waals surface area contributed by atoms with Gasteiger partial charge in [0.2, 0.25) is 0 Å². The molecule has 2 atom stereocenters. The summed E-state index contributed by atoms with van der Waals surface area (Å²) in [5, 5.41) is 14.7. The molecule has 2 heterocycles. The summed E-state index contributed by atoms with van der Waals surface area (Å²) >= 11 is 6.08. The Kier molecular flexibility index (Phi) is 3.36. The molecule has 26 heavy (non-hydrogen) atoms. The van der Waals surface area contributed by atoms with Gasteiger partial charge in [-0.3, -0.25) is 4.99 Å². The number of aliphatic imine (C=N–C) groups is 1. The summed E-state index contributed by atoms with van der Waals surface area (Å²) in [6, 6.07) is 15.9. The lowest BCUT2D eigenvalue weighted by Gasteiger charge is -2.12. The van der Waals surface area contributed by atoms with Crippen molar-refractivity contribution in [3.63, 3.8) is 0 Å². The molecule has 1 spiro atoms. The van der Waals surface area contributed by atoms with Crippen molar-refractivity contribution >= 4 is 17.3 Å². The van der Waals surface area contributed by atoms with E-state index in [-0.39, 0.29) is 12.5 Å². The number of hydrogen-bond acceptors (Lipinski definition) is 4. The van der Waals surface area contributed by atoms with Gasteiger partial charge in [0.25, 0.3) is 0 Å². The Morgan fingerprint density at radius 3 is 2.58 bits per heavy atom. The fourth-order valence-electron chi connectivity index (χ4n) is 3.98. The summed E-state index contributed by atoms with van der Waals surface area (Å²) in [7, 11) is 0. The van der Waals surface area contributed by atoms with Crippen LogP contribution in [0.4, 0.5) is 0 Å². The fourth-order valence-corrected chi connectivity index (χ4v) is 4.10.